The van der Waals surface area contributed by atoms with Gasteiger partial charge in [-0.15, -0.1) is 0 Å². The average Bonchev–Trinajstić information content (AvgIpc) is 2.89. The Kier molecular flexibility index (Phi) is 2.74. The summed E-state index contributed by atoms with van der Waals surface area (Å²) in [6, 6.07) is 8.20. The number of hydrazone groups is 1. The summed E-state index contributed by atoms with van der Waals surface area (Å²) in [6.45, 7) is 3.51. The van der Waals surface area contributed by atoms with Gasteiger partial charge in [0.15, 0.2) is 0 Å². The predicted molar refractivity (Wildman–Crippen MR) is 79.8 cm³/mol. The van der Waals surface area contributed by atoms with E-state index in [0.29, 0.717) is 5.92 Å². The van der Waals surface area contributed by atoms with Crippen molar-refractivity contribution in [2.75, 3.05) is 25.1 Å². The van der Waals surface area contributed by atoms with Gasteiger partial charge in [0.05, 0.1) is 15.9 Å². The third kappa shape index (κ3) is 2.13. The number of hydrogen-bond donors (Lipinski definition) is 1. The number of fused-ring (bicyclic) bond motifs is 4. The van der Waals surface area contributed by atoms with Crippen LogP contribution in [0.3, 0.4) is 0 Å². The van der Waals surface area contributed by atoms with Crippen molar-refractivity contribution in [3.8, 4) is 0 Å². The summed E-state index contributed by atoms with van der Waals surface area (Å²) in [5, 5.41) is 5.50. The fourth-order valence-electron chi connectivity index (χ4n) is 2.95. The van der Waals surface area contributed by atoms with Crippen molar-refractivity contribution in [3.05, 3.63) is 24.3 Å². The van der Waals surface area contributed by atoms with E-state index in [2.05, 4.69) is 26.5 Å². The molecule has 1 aromatic carbocycles. The molecule has 3 aliphatic heterocycles. The zero-order valence-electron chi connectivity index (χ0n) is 10.7. The summed E-state index contributed by atoms with van der Waals surface area (Å²) in [6.07, 6.45) is 2.53. The van der Waals surface area contributed by atoms with Crippen molar-refractivity contribution in [1.29, 1.82) is 0 Å². The van der Waals surface area contributed by atoms with Gasteiger partial charge in [0.2, 0.25) is 5.13 Å². The fourth-order valence-corrected chi connectivity index (χ4v) is 3.76. The molecule has 4 heterocycles. The van der Waals surface area contributed by atoms with Crippen LogP contribution in [0, 0.1) is 5.92 Å². The SMILES string of the molecule is c1ccc2sc(N/N=C3/CN4CCC3CC4)nc2c1. The molecule has 0 aliphatic carbocycles. The lowest BCUT2D eigenvalue weighted by Crippen LogP contribution is -2.48. The molecular weight excluding hydrogens is 256 g/mol. The van der Waals surface area contributed by atoms with Gasteiger partial charge in [-0.05, 0) is 38.1 Å². The summed E-state index contributed by atoms with van der Waals surface area (Å²) >= 11 is 1.66. The monoisotopic (exact) mass is 272 g/mol. The van der Waals surface area contributed by atoms with Gasteiger partial charge in [-0.1, -0.05) is 23.5 Å². The molecule has 3 aliphatic rings. The molecule has 0 radical (unpaired) electrons. The van der Waals surface area contributed by atoms with Gasteiger partial charge in [-0.2, -0.15) is 5.10 Å². The summed E-state index contributed by atoms with van der Waals surface area (Å²) in [5.74, 6) is 0.687. The lowest BCUT2D eigenvalue weighted by Gasteiger charge is -2.39. The second-order valence-electron chi connectivity index (χ2n) is 5.25. The Labute approximate surface area is 116 Å². The van der Waals surface area contributed by atoms with Crippen molar-refractivity contribution in [3.63, 3.8) is 0 Å². The first kappa shape index (κ1) is 11.4. The van der Waals surface area contributed by atoms with Crippen LogP contribution < -0.4 is 5.43 Å². The zero-order chi connectivity index (χ0) is 12.7. The number of para-hydroxylation sites is 1. The largest absolute Gasteiger partial charge is 0.298 e. The maximum absolute atomic E-state index is 4.60. The van der Waals surface area contributed by atoms with E-state index >= 15 is 0 Å². The van der Waals surface area contributed by atoms with Gasteiger partial charge in [0.1, 0.15) is 0 Å². The van der Waals surface area contributed by atoms with Gasteiger partial charge >= 0.3 is 0 Å². The fraction of sp³-hybridized carbons (Fsp3) is 0.429. The van der Waals surface area contributed by atoms with Crippen molar-refractivity contribution in [1.82, 2.24) is 9.88 Å². The van der Waals surface area contributed by atoms with Crippen LogP contribution in [0.4, 0.5) is 5.13 Å². The topological polar surface area (TPSA) is 40.5 Å². The van der Waals surface area contributed by atoms with Crippen LogP contribution in [-0.4, -0.2) is 35.2 Å². The minimum absolute atomic E-state index is 0.687. The zero-order valence-corrected chi connectivity index (χ0v) is 11.5. The molecule has 0 atom stereocenters. The van der Waals surface area contributed by atoms with Crippen LogP contribution in [0.2, 0.25) is 0 Å². The molecule has 0 saturated carbocycles. The van der Waals surface area contributed by atoms with E-state index in [1.807, 2.05) is 18.2 Å². The molecule has 1 aromatic heterocycles. The van der Waals surface area contributed by atoms with E-state index in [1.54, 1.807) is 11.3 Å². The van der Waals surface area contributed by atoms with Crippen LogP contribution >= 0.6 is 11.3 Å². The highest BCUT2D eigenvalue weighted by Gasteiger charge is 2.30. The van der Waals surface area contributed by atoms with Crippen molar-refractivity contribution < 1.29 is 0 Å². The molecule has 1 N–H and O–H groups in total. The number of benzene rings is 1. The Morgan fingerprint density at radius 2 is 2.11 bits per heavy atom. The molecule has 2 aromatic rings. The summed E-state index contributed by atoms with van der Waals surface area (Å²) in [4.78, 5) is 7.03. The summed E-state index contributed by atoms with van der Waals surface area (Å²) in [5.41, 5.74) is 5.51. The molecule has 5 rings (SSSR count). The molecule has 0 amide bonds. The quantitative estimate of drug-likeness (QED) is 0.855. The molecule has 2 bridgehead atoms. The van der Waals surface area contributed by atoms with E-state index in [4.69, 9.17) is 0 Å². The van der Waals surface area contributed by atoms with E-state index in [1.165, 1.54) is 36.3 Å². The van der Waals surface area contributed by atoms with Gasteiger partial charge in [-0.25, -0.2) is 4.98 Å². The van der Waals surface area contributed by atoms with Crippen LogP contribution in [0.25, 0.3) is 10.2 Å². The molecule has 3 fully saturated rings. The number of anilines is 1. The van der Waals surface area contributed by atoms with Crippen LogP contribution in [0.15, 0.2) is 29.4 Å². The molecular formula is C14H16N4S. The summed E-state index contributed by atoms with van der Waals surface area (Å²) in [7, 11) is 0. The number of thiazole rings is 1. The lowest BCUT2D eigenvalue weighted by molar-refractivity contribution is 0.200. The smallest absolute Gasteiger partial charge is 0.204 e. The third-order valence-electron chi connectivity index (χ3n) is 4.03. The Morgan fingerprint density at radius 3 is 2.84 bits per heavy atom. The standard InChI is InChI=1S/C14H16N4S/c1-2-4-13-11(3-1)15-14(19-13)17-16-12-9-18-7-5-10(12)6-8-18/h1-4,10H,5-9H2,(H,15,17)/b16-12-. The van der Waals surface area contributed by atoms with Gasteiger partial charge in [0, 0.05) is 12.5 Å². The Morgan fingerprint density at radius 1 is 1.26 bits per heavy atom. The Bertz CT molecular complexity index is 592. The number of piperidine rings is 3. The first-order valence-electron chi connectivity index (χ1n) is 6.79. The van der Waals surface area contributed by atoms with Crippen LogP contribution in [0.1, 0.15) is 12.8 Å². The first-order chi connectivity index (χ1) is 9.38. The second-order valence-corrected chi connectivity index (χ2v) is 6.28. The Hall–Kier alpha value is -1.46. The number of nitrogens with one attached hydrogen (secondary N) is 1. The molecule has 4 nitrogen and oxygen atoms in total. The van der Waals surface area contributed by atoms with Crippen molar-refractivity contribution >= 4 is 32.4 Å². The normalized spacial score (nSPS) is 28.1. The van der Waals surface area contributed by atoms with E-state index < -0.39 is 0 Å². The number of hydrogen-bond acceptors (Lipinski definition) is 5. The lowest BCUT2D eigenvalue weighted by atomic mass is 9.87. The van der Waals surface area contributed by atoms with Gasteiger partial charge in [0.25, 0.3) is 0 Å². The maximum atomic E-state index is 4.60. The van der Waals surface area contributed by atoms with Crippen LogP contribution in [-0.2, 0) is 0 Å². The predicted octanol–water partition coefficient (Wildman–Crippen LogP) is 2.79. The van der Waals surface area contributed by atoms with Crippen LogP contribution in [0.5, 0.6) is 0 Å². The van der Waals surface area contributed by atoms with E-state index in [9.17, 15) is 0 Å². The van der Waals surface area contributed by atoms with Gasteiger partial charge in [-0.3, -0.25) is 10.3 Å². The minimum Gasteiger partial charge on any atom is -0.298 e. The molecule has 3 saturated heterocycles. The highest BCUT2D eigenvalue weighted by atomic mass is 32.1. The van der Waals surface area contributed by atoms with Crippen molar-refractivity contribution in [2.24, 2.45) is 11.0 Å². The molecule has 0 spiro atoms. The van der Waals surface area contributed by atoms with E-state index in [-0.39, 0.29) is 0 Å². The highest BCUT2D eigenvalue weighted by molar-refractivity contribution is 7.22. The van der Waals surface area contributed by atoms with Crippen molar-refractivity contribution in [2.45, 2.75) is 12.8 Å². The first-order valence-corrected chi connectivity index (χ1v) is 7.60. The average molecular weight is 272 g/mol. The molecule has 5 heteroatoms. The third-order valence-corrected chi connectivity index (χ3v) is 4.97. The number of aromatic nitrogens is 1. The summed E-state index contributed by atoms with van der Waals surface area (Å²) < 4.78 is 1.21. The minimum atomic E-state index is 0.687. The van der Waals surface area contributed by atoms with E-state index in [0.717, 1.165) is 17.2 Å². The Balaban J connectivity index is 1.55. The number of rotatable bonds is 2. The van der Waals surface area contributed by atoms with Gasteiger partial charge < -0.3 is 0 Å². The highest BCUT2D eigenvalue weighted by Crippen LogP contribution is 2.27. The maximum Gasteiger partial charge on any atom is 0.204 e. The molecule has 0 unspecified atom stereocenters. The molecule has 98 valence electrons. The number of nitrogens with zero attached hydrogens (tertiary/aromatic N) is 3. The molecule has 19 heavy (non-hydrogen) atoms. The second kappa shape index (κ2) is 4.58.